The highest BCUT2D eigenvalue weighted by Crippen LogP contribution is 2.29. The van der Waals surface area contributed by atoms with E-state index in [0.29, 0.717) is 6.04 Å². The van der Waals surface area contributed by atoms with Gasteiger partial charge < -0.3 is 5.73 Å². The SMILES string of the molecule is CC(N)c1cnn(C(C)C)c1-c1ccccc1. The van der Waals surface area contributed by atoms with Crippen molar-refractivity contribution in [3.8, 4) is 11.3 Å². The molecular weight excluding hydrogens is 210 g/mol. The third kappa shape index (κ3) is 2.24. The second-order valence-corrected chi connectivity index (χ2v) is 4.64. The summed E-state index contributed by atoms with van der Waals surface area (Å²) in [6.45, 7) is 6.25. The van der Waals surface area contributed by atoms with Crippen LogP contribution in [-0.2, 0) is 0 Å². The van der Waals surface area contributed by atoms with Crippen molar-refractivity contribution in [2.24, 2.45) is 5.73 Å². The third-order valence-electron chi connectivity index (χ3n) is 2.85. The Morgan fingerprint density at radius 3 is 2.29 bits per heavy atom. The molecule has 3 heteroatoms. The molecule has 0 aliphatic heterocycles. The van der Waals surface area contributed by atoms with Crippen LogP contribution in [0.3, 0.4) is 0 Å². The number of rotatable bonds is 3. The molecule has 2 aromatic rings. The highest BCUT2D eigenvalue weighted by Gasteiger charge is 2.16. The minimum absolute atomic E-state index is 0.00212. The fourth-order valence-electron chi connectivity index (χ4n) is 2.00. The van der Waals surface area contributed by atoms with Crippen molar-refractivity contribution in [1.29, 1.82) is 0 Å². The molecule has 2 rings (SSSR count). The average Bonchev–Trinajstić information content (AvgIpc) is 2.74. The summed E-state index contributed by atoms with van der Waals surface area (Å²) in [5.74, 6) is 0. The zero-order chi connectivity index (χ0) is 12.4. The molecule has 0 fully saturated rings. The molecule has 3 nitrogen and oxygen atoms in total. The van der Waals surface area contributed by atoms with Crippen molar-refractivity contribution >= 4 is 0 Å². The molecule has 0 aliphatic rings. The number of hydrogen-bond acceptors (Lipinski definition) is 2. The van der Waals surface area contributed by atoms with Gasteiger partial charge in [-0.05, 0) is 20.8 Å². The molecule has 1 unspecified atom stereocenters. The molecule has 90 valence electrons. The first-order chi connectivity index (χ1) is 8.11. The van der Waals surface area contributed by atoms with Crippen molar-refractivity contribution in [2.75, 3.05) is 0 Å². The summed E-state index contributed by atoms with van der Waals surface area (Å²) in [7, 11) is 0. The maximum Gasteiger partial charge on any atom is 0.0732 e. The summed E-state index contributed by atoms with van der Waals surface area (Å²) >= 11 is 0. The molecule has 2 N–H and O–H groups in total. The second-order valence-electron chi connectivity index (χ2n) is 4.64. The Kier molecular flexibility index (Phi) is 3.29. The standard InChI is InChI=1S/C14H19N3/c1-10(2)17-14(12-7-5-4-6-8-12)13(9-16-17)11(3)15/h4-11H,15H2,1-3H3. The lowest BCUT2D eigenvalue weighted by molar-refractivity contribution is 0.538. The maximum atomic E-state index is 6.01. The zero-order valence-electron chi connectivity index (χ0n) is 10.6. The van der Waals surface area contributed by atoms with Crippen LogP contribution in [0.15, 0.2) is 36.5 Å². The Morgan fingerprint density at radius 1 is 1.12 bits per heavy atom. The van der Waals surface area contributed by atoms with E-state index in [4.69, 9.17) is 5.73 Å². The average molecular weight is 229 g/mol. The van der Waals surface area contributed by atoms with Crippen molar-refractivity contribution in [1.82, 2.24) is 9.78 Å². The molecule has 1 heterocycles. The third-order valence-corrected chi connectivity index (χ3v) is 2.85. The van der Waals surface area contributed by atoms with Crippen molar-refractivity contribution < 1.29 is 0 Å². The van der Waals surface area contributed by atoms with Crippen LogP contribution in [0.2, 0.25) is 0 Å². The molecule has 0 radical (unpaired) electrons. The monoisotopic (exact) mass is 229 g/mol. The largest absolute Gasteiger partial charge is 0.324 e. The number of nitrogens with two attached hydrogens (primary N) is 1. The van der Waals surface area contributed by atoms with Crippen LogP contribution in [0.5, 0.6) is 0 Å². The Morgan fingerprint density at radius 2 is 1.76 bits per heavy atom. The number of hydrogen-bond donors (Lipinski definition) is 1. The minimum Gasteiger partial charge on any atom is -0.324 e. The Balaban J connectivity index is 2.60. The molecule has 0 aliphatic carbocycles. The van der Waals surface area contributed by atoms with Crippen LogP contribution in [0, 0.1) is 0 Å². The Bertz CT molecular complexity index is 458. The highest BCUT2D eigenvalue weighted by atomic mass is 15.3. The topological polar surface area (TPSA) is 43.8 Å². The minimum atomic E-state index is -0.00212. The van der Waals surface area contributed by atoms with Gasteiger partial charge in [-0.15, -0.1) is 0 Å². The zero-order valence-corrected chi connectivity index (χ0v) is 10.6. The summed E-state index contributed by atoms with van der Waals surface area (Å²) in [4.78, 5) is 0. The van der Waals surface area contributed by atoms with Crippen molar-refractivity contribution in [3.63, 3.8) is 0 Å². The number of benzene rings is 1. The van der Waals surface area contributed by atoms with Crippen molar-refractivity contribution in [3.05, 3.63) is 42.1 Å². The number of nitrogens with zero attached hydrogens (tertiary/aromatic N) is 2. The van der Waals surface area contributed by atoms with Gasteiger partial charge in [0, 0.05) is 23.2 Å². The molecule has 1 aromatic carbocycles. The molecule has 1 aromatic heterocycles. The van der Waals surface area contributed by atoms with E-state index in [-0.39, 0.29) is 6.04 Å². The lowest BCUT2D eigenvalue weighted by Gasteiger charge is -2.14. The van der Waals surface area contributed by atoms with Crippen LogP contribution in [0.25, 0.3) is 11.3 Å². The van der Waals surface area contributed by atoms with Gasteiger partial charge in [0.1, 0.15) is 0 Å². The molecule has 1 atom stereocenters. The molecule has 0 saturated carbocycles. The van der Waals surface area contributed by atoms with E-state index in [1.54, 1.807) is 0 Å². The highest BCUT2D eigenvalue weighted by molar-refractivity contribution is 5.64. The first-order valence-corrected chi connectivity index (χ1v) is 5.99. The normalized spacial score (nSPS) is 13.0. The molecule has 0 saturated heterocycles. The summed E-state index contributed by atoms with van der Waals surface area (Å²) in [6.07, 6.45) is 1.88. The van der Waals surface area contributed by atoms with Gasteiger partial charge >= 0.3 is 0 Å². The summed E-state index contributed by atoms with van der Waals surface area (Å²) in [5, 5.41) is 4.45. The van der Waals surface area contributed by atoms with Crippen LogP contribution in [-0.4, -0.2) is 9.78 Å². The van der Waals surface area contributed by atoms with Gasteiger partial charge in [0.25, 0.3) is 0 Å². The maximum absolute atomic E-state index is 6.01. The van der Waals surface area contributed by atoms with Crippen LogP contribution >= 0.6 is 0 Å². The van der Waals surface area contributed by atoms with Crippen LogP contribution in [0.1, 0.15) is 38.4 Å². The van der Waals surface area contributed by atoms with Gasteiger partial charge in [-0.3, -0.25) is 4.68 Å². The van der Waals surface area contributed by atoms with E-state index in [1.807, 2.05) is 36.0 Å². The van der Waals surface area contributed by atoms with E-state index >= 15 is 0 Å². The predicted octanol–water partition coefficient (Wildman–Crippen LogP) is 3.15. The molecule has 0 amide bonds. The Hall–Kier alpha value is -1.61. The molecule has 0 spiro atoms. The van der Waals surface area contributed by atoms with E-state index < -0.39 is 0 Å². The predicted molar refractivity (Wildman–Crippen MR) is 70.7 cm³/mol. The first kappa shape index (κ1) is 11.9. The van der Waals surface area contributed by atoms with Gasteiger partial charge in [-0.25, -0.2) is 0 Å². The lowest BCUT2D eigenvalue weighted by atomic mass is 10.0. The molecule has 0 bridgehead atoms. The fraction of sp³-hybridized carbons (Fsp3) is 0.357. The molecular formula is C14H19N3. The lowest BCUT2D eigenvalue weighted by Crippen LogP contribution is -2.09. The number of aromatic nitrogens is 2. The van der Waals surface area contributed by atoms with E-state index in [1.165, 1.54) is 5.56 Å². The van der Waals surface area contributed by atoms with E-state index in [9.17, 15) is 0 Å². The van der Waals surface area contributed by atoms with Crippen LogP contribution < -0.4 is 5.73 Å². The van der Waals surface area contributed by atoms with E-state index in [2.05, 4.69) is 31.1 Å². The van der Waals surface area contributed by atoms with Gasteiger partial charge in [0.2, 0.25) is 0 Å². The summed E-state index contributed by atoms with van der Waals surface area (Å²) in [6, 6.07) is 10.6. The van der Waals surface area contributed by atoms with Gasteiger partial charge in [0.05, 0.1) is 11.9 Å². The van der Waals surface area contributed by atoms with Gasteiger partial charge in [-0.2, -0.15) is 5.10 Å². The van der Waals surface area contributed by atoms with Crippen molar-refractivity contribution in [2.45, 2.75) is 32.9 Å². The quantitative estimate of drug-likeness (QED) is 0.878. The first-order valence-electron chi connectivity index (χ1n) is 5.99. The Labute approximate surface area is 102 Å². The van der Waals surface area contributed by atoms with E-state index in [0.717, 1.165) is 11.3 Å². The van der Waals surface area contributed by atoms with Gasteiger partial charge in [-0.1, -0.05) is 30.3 Å². The molecule has 17 heavy (non-hydrogen) atoms. The summed E-state index contributed by atoms with van der Waals surface area (Å²) in [5.41, 5.74) is 9.42. The van der Waals surface area contributed by atoms with Gasteiger partial charge in [0.15, 0.2) is 0 Å². The smallest absolute Gasteiger partial charge is 0.0732 e. The fourth-order valence-corrected chi connectivity index (χ4v) is 2.00. The van der Waals surface area contributed by atoms with Crippen LogP contribution in [0.4, 0.5) is 0 Å². The summed E-state index contributed by atoms with van der Waals surface area (Å²) < 4.78 is 2.04. The second kappa shape index (κ2) is 4.72.